The molecular formula is C15H20ClN3O4. The van der Waals surface area contributed by atoms with Crippen LogP contribution in [0.4, 0.5) is 4.58 Å². The van der Waals surface area contributed by atoms with E-state index in [4.69, 9.17) is 9.56 Å². The zero-order chi connectivity index (χ0) is 15.4. The first-order valence-electron chi connectivity index (χ1n) is 7.92. The van der Waals surface area contributed by atoms with Crippen molar-refractivity contribution in [3.05, 3.63) is 0 Å². The van der Waals surface area contributed by atoms with E-state index in [1.165, 1.54) is 0 Å². The van der Waals surface area contributed by atoms with Gasteiger partial charge in [-0.2, -0.15) is 0 Å². The van der Waals surface area contributed by atoms with Crippen LogP contribution in [0.3, 0.4) is 0 Å². The molecule has 2 aliphatic carbocycles. The summed E-state index contributed by atoms with van der Waals surface area (Å²) in [5, 5.41) is 0.656. The molecule has 0 N–H and O–H groups in total. The summed E-state index contributed by atoms with van der Waals surface area (Å²) in [4.78, 5) is 36.7. The molecule has 1 saturated heterocycles. The van der Waals surface area contributed by atoms with E-state index in [0.29, 0.717) is 5.06 Å². The van der Waals surface area contributed by atoms with Gasteiger partial charge in [0.1, 0.15) is 4.58 Å². The van der Waals surface area contributed by atoms with Crippen molar-refractivity contribution in [2.45, 2.75) is 64.2 Å². The molecule has 0 aromatic carbocycles. The van der Waals surface area contributed by atoms with E-state index in [-0.39, 0.29) is 31.3 Å². The fourth-order valence-corrected chi connectivity index (χ4v) is 2.83. The second-order valence-electron chi connectivity index (χ2n) is 5.79. The lowest BCUT2D eigenvalue weighted by Gasteiger charge is -1.98. The van der Waals surface area contributed by atoms with Gasteiger partial charge in [0.15, 0.2) is 0 Å². The van der Waals surface area contributed by atoms with Crippen LogP contribution in [-0.4, -0.2) is 34.3 Å². The minimum atomic E-state index is -0.397. The molecule has 1 heterocycles. The van der Waals surface area contributed by atoms with Gasteiger partial charge < -0.3 is 12.4 Å². The van der Waals surface area contributed by atoms with Crippen LogP contribution >= 0.6 is 0 Å². The molecule has 0 spiro atoms. The van der Waals surface area contributed by atoms with Crippen LogP contribution in [0.15, 0.2) is 9.98 Å². The van der Waals surface area contributed by atoms with Crippen LogP contribution in [0.1, 0.15) is 64.2 Å². The Labute approximate surface area is 140 Å². The Morgan fingerprint density at radius 1 is 0.826 bits per heavy atom. The molecule has 0 unspecified atom stereocenters. The molecule has 126 valence electrons. The molecule has 3 rings (SSSR count). The number of halogens is 1. The quantitative estimate of drug-likeness (QED) is 0.298. The van der Waals surface area contributed by atoms with E-state index >= 15 is 0 Å². The number of urea groups is 1. The molecule has 2 saturated carbocycles. The van der Waals surface area contributed by atoms with E-state index in [1.807, 2.05) is 0 Å². The predicted octanol–water partition coefficient (Wildman–Crippen LogP) is -0.328. The Morgan fingerprint density at radius 3 is 1.70 bits per heavy atom. The molecule has 0 radical (unpaired) electrons. The van der Waals surface area contributed by atoms with Crippen LogP contribution in [-0.2, 0) is 14.6 Å². The van der Waals surface area contributed by atoms with Gasteiger partial charge in [-0.05, 0) is 56.4 Å². The molecule has 3 fully saturated rings. The Kier molecular flexibility index (Phi) is 6.27. The first kappa shape index (κ1) is 17.6. The number of imide groups is 1. The van der Waals surface area contributed by atoms with Crippen LogP contribution < -0.4 is 12.4 Å². The molecule has 3 aliphatic rings. The van der Waals surface area contributed by atoms with Crippen LogP contribution in [0.2, 0.25) is 0 Å². The lowest BCUT2D eigenvalue weighted by Crippen LogP contribution is -3.00. The average Bonchev–Trinajstić information content (AvgIpc) is 3.22. The highest BCUT2D eigenvalue weighted by Crippen LogP contribution is 2.19. The molecule has 0 atom stereocenters. The summed E-state index contributed by atoms with van der Waals surface area (Å²) in [5.74, 6) is -0.794. The molecule has 0 aromatic heterocycles. The van der Waals surface area contributed by atoms with Crippen molar-refractivity contribution >= 4 is 29.3 Å². The molecule has 0 bridgehead atoms. The van der Waals surface area contributed by atoms with Crippen LogP contribution in [0.25, 0.3) is 0 Å². The molecule has 4 amide bonds. The summed E-state index contributed by atoms with van der Waals surface area (Å²) in [7, 11) is 0. The lowest BCUT2D eigenvalue weighted by molar-refractivity contribution is -0.578. The predicted molar refractivity (Wildman–Crippen MR) is 79.4 cm³/mol. The van der Waals surface area contributed by atoms with E-state index in [1.54, 1.807) is 0 Å². The highest BCUT2D eigenvalue weighted by molar-refractivity contribution is 6.02. The van der Waals surface area contributed by atoms with Gasteiger partial charge in [-0.15, -0.1) is 9.98 Å². The van der Waals surface area contributed by atoms with Crippen molar-refractivity contribution in [1.29, 1.82) is 0 Å². The average molecular weight is 342 g/mol. The van der Waals surface area contributed by atoms with Crippen LogP contribution in [0, 0.1) is 0 Å². The minimum absolute atomic E-state index is 0. The first-order chi connectivity index (χ1) is 10.7. The molecule has 23 heavy (non-hydrogen) atoms. The second kappa shape index (κ2) is 8.19. The van der Waals surface area contributed by atoms with Gasteiger partial charge in [-0.25, -0.2) is 0 Å². The number of hydrogen-bond acceptors (Lipinski definition) is 3. The number of amides is 4. The number of rotatable bonds is 2. The van der Waals surface area contributed by atoms with Crippen LogP contribution in [0.5, 0.6) is 0 Å². The Balaban J connectivity index is 0.00000192. The largest absolute Gasteiger partial charge is 1.00 e. The Morgan fingerprint density at radius 2 is 1.26 bits per heavy atom. The standard InChI is InChI=1S/C15H20N3O4.ClH/c19-13-9-10-14(20)18(13)22-21-15(16-11-5-1-2-6-11)17-12-7-3-4-8-12;/h1-10H2;1H/q+1;/p-1. The summed E-state index contributed by atoms with van der Waals surface area (Å²) in [5.41, 5.74) is 2.06. The van der Waals surface area contributed by atoms with Gasteiger partial charge in [0.25, 0.3) is 11.8 Å². The summed E-state index contributed by atoms with van der Waals surface area (Å²) in [6.07, 6.45) is 8.50. The van der Waals surface area contributed by atoms with Crippen molar-refractivity contribution in [2.24, 2.45) is 9.98 Å². The van der Waals surface area contributed by atoms with Gasteiger partial charge in [0.05, 0.1) is 0 Å². The third-order valence-corrected chi connectivity index (χ3v) is 4.06. The van der Waals surface area contributed by atoms with Crippen molar-refractivity contribution in [3.8, 4) is 0 Å². The lowest BCUT2D eigenvalue weighted by atomic mass is 10.3. The van der Waals surface area contributed by atoms with Gasteiger partial charge in [0, 0.05) is 29.3 Å². The first-order valence-corrected chi connectivity index (χ1v) is 7.92. The Hall–Kier alpha value is -1.76. The second-order valence-corrected chi connectivity index (χ2v) is 5.79. The van der Waals surface area contributed by atoms with Gasteiger partial charge in [0.2, 0.25) is 0 Å². The number of carbonyl (C=O) groups excluding carboxylic acids is 3. The molecule has 1 aliphatic heterocycles. The van der Waals surface area contributed by atoms with Crippen molar-refractivity contribution in [3.63, 3.8) is 0 Å². The summed E-state index contributed by atoms with van der Waals surface area (Å²) >= 11 is 0. The third kappa shape index (κ3) is 4.60. The SMILES string of the molecule is O=C1CCC(=O)N1O[O+]=C(N=C1CCCC1)N=C1CCCC1.[Cl-]. The smallest absolute Gasteiger partial charge is 0.640 e. The van der Waals surface area contributed by atoms with E-state index in [9.17, 15) is 9.59 Å². The topological polar surface area (TPSA) is 82.6 Å². The monoisotopic (exact) mass is 341 g/mol. The summed E-state index contributed by atoms with van der Waals surface area (Å²) in [6.45, 7) is 0. The maximum Gasteiger partial charge on any atom is 0.640 e. The normalized spacial score (nSPS) is 20.6. The number of hydrogen-bond donors (Lipinski definition) is 0. The number of aliphatic imine (C=N–C) groups is 2. The number of hydroxylamine groups is 2. The van der Waals surface area contributed by atoms with Gasteiger partial charge in [-0.3, -0.25) is 9.59 Å². The van der Waals surface area contributed by atoms with E-state index in [2.05, 4.69) is 9.98 Å². The maximum absolute atomic E-state index is 11.5. The van der Waals surface area contributed by atoms with Crippen molar-refractivity contribution in [1.82, 2.24) is 5.06 Å². The molecule has 0 aromatic rings. The fourth-order valence-electron chi connectivity index (χ4n) is 2.83. The number of carbonyl (C=O) groups is 2. The Bertz CT molecular complexity index is 511. The van der Waals surface area contributed by atoms with Gasteiger partial charge in [-0.1, -0.05) is 0 Å². The zero-order valence-electron chi connectivity index (χ0n) is 12.9. The van der Waals surface area contributed by atoms with E-state index < -0.39 is 11.8 Å². The molecular weight excluding hydrogens is 322 g/mol. The van der Waals surface area contributed by atoms with Gasteiger partial charge >= 0.3 is 6.03 Å². The fraction of sp³-hybridized carbons (Fsp3) is 0.667. The zero-order valence-corrected chi connectivity index (χ0v) is 13.7. The summed E-state index contributed by atoms with van der Waals surface area (Å²) < 4.78 is 5.12. The maximum atomic E-state index is 11.5. The highest BCUT2D eigenvalue weighted by atomic mass is 35.5. The minimum Gasteiger partial charge on any atom is -1.00 e. The molecule has 8 heteroatoms. The third-order valence-electron chi connectivity index (χ3n) is 4.06. The van der Waals surface area contributed by atoms with Crippen molar-refractivity contribution in [2.75, 3.05) is 0 Å². The van der Waals surface area contributed by atoms with E-state index in [0.717, 1.165) is 62.8 Å². The van der Waals surface area contributed by atoms with Crippen molar-refractivity contribution < 1.29 is 31.6 Å². The molecule has 7 nitrogen and oxygen atoms in total. The summed E-state index contributed by atoms with van der Waals surface area (Å²) in [6, 6.07) is 0.0984. The number of nitrogens with zero attached hydrogens (tertiary/aromatic N) is 3. The highest BCUT2D eigenvalue weighted by Gasteiger charge is 2.36.